The Morgan fingerprint density at radius 2 is 2.29 bits per heavy atom. The molecule has 0 N–H and O–H groups in total. The molecule has 1 aliphatic rings. The van der Waals surface area contributed by atoms with Gasteiger partial charge in [-0.3, -0.25) is 0 Å². The fraction of sp³-hybridized carbons (Fsp3) is 0.273. The van der Waals surface area contributed by atoms with Crippen molar-refractivity contribution in [3.8, 4) is 5.75 Å². The van der Waals surface area contributed by atoms with Gasteiger partial charge in [0.25, 0.3) is 0 Å². The van der Waals surface area contributed by atoms with Crippen molar-refractivity contribution in [2.45, 2.75) is 18.9 Å². The minimum absolute atomic E-state index is 0.240. The predicted octanol–water partition coefficient (Wildman–Crippen LogP) is 4.04. The first-order chi connectivity index (χ1) is 6.75. The Morgan fingerprint density at radius 1 is 1.43 bits per heavy atom. The topological polar surface area (TPSA) is 9.23 Å². The average Bonchev–Trinajstić information content (AvgIpc) is 2.62. The highest BCUT2D eigenvalue weighted by atomic mass is 127. The zero-order valence-corrected chi connectivity index (χ0v) is 10.5. The van der Waals surface area contributed by atoms with E-state index in [1.807, 2.05) is 18.2 Å². The van der Waals surface area contributed by atoms with Gasteiger partial charge in [-0.15, -0.1) is 0 Å². The molecule has 0 saturated heterocycles. The molecular weight excluding hydrogens is 310 g/mol. The Bertz CT molecular complexity index is 362. The highest BCUT2D eigenvalue weighted by Gasteiger charge is 2.12. The lowest BCUT2D eigenvalue weighted by molar-refractivity contribution is 0.247. The van der Waals surface area contributed by atoms with Crippen LogP contribution in [0.5, 0.6) is 5.75 Å². The monoisotopic (exact) mass is 320 g/mol. The molecule has 1 aromatic rings. The third kappa shape index (κ3) is 2.42. The van der Waals surface area contributed by atoms with Crippen LogP contribution in [0.4, 0.5) is 0 Å². The maximum Gasteiger partial charge on any atom is 0.133 e. The lowest BCUT2D eigenvalue weighted by Crippen LogP contribution is -2.10. The lowest BCUT2D eigenvalue weighted by atomic mass is 10.3. The fourth-order valence-electron chi connectivity index (χ4n) is 1.44. The third-order valence-corrected chi connectivity index (χ3v) is 3.22. The van der Waals surface area contributed by atoms with Crippen LogP contribution in [-0.4, -0.2) is 6.10 Å². The highest BCUT2D eigenvalue weighted by Crippen LogP contribution is 2.27. The van der Waals surface area contributed by atoms with Crippen molar-refractivity contribution in [3.05, 3.63) is 38.9 Å². The normalized spacial score (nSPS) is 20.0. The van der Waals surface area contributed by atoms with Crippen molar-refractivity contribution < 1.29 is 4.74 Å². The zero-order valence-electron chi connectivity index (χ0n) is 7.54. The molecule has 14 heavy (non-hydrogen) atoms. The Balaban J connectivity index is 2.12. The molecule has 0 bridgehead atoms. The summed E-state index contributed by atoms with van der Waals surface area (Å²) in [5.74, 6) is 0.923. The summed E-state index contributed by atoms with van der Waals surface area (Å²) in [4.78, 5) is 0. The Kier molecular flexibility index (Phi) is 3.34. The smallest absolute Gasteiger partial charge is 0.133 e. The standard InChI is InChI=1S/C11H10ClIO/c12-8-5-6-11(10(13)7-8)14-9-3-1-2-4-9/h1,3,5-7,9H,2,4H2. The van der Waals surface area contributed by atoms with E-state index in [-0.39, 0.29) is 6.10 Å². The maximum absolute atomic E-state index is 5.86. The summed E-state index contributed by atoms with van der Waals surface area (Å²) >= 11 is 8.10. The first-order valence-corrected chi connectivity index (χ1v) is 6.00. The van der Waals surface area contributed by atoms with Crippen LogP contribution in [0.25, 0.3) is 0 Å². The van der Waals surface area contributed by atoms with Crippen LogP contribution in [0.1, 0.15) is 12.8 Å². The number of benzene rings is 1. The molecule has 1 aliphatic carbocycles. The molecular formula is C11H10ClIO. The van der Waals surface area contributed by atoms with Crippen LogP contribution in [0, 0.1) is 3.57 Å². The summed E-state index contributed by atoms with van der Waals surface area (Å²) in [6.07, 6.45) is 6.72. The van der Waals surface area contributed by atoms with Gasteiger partial charge in [-0.05, 0) is 59.7 Å². The first kappa shape index (κ1) is 10.3. The highest BCUT2D eigenvalue weighted by molar-refractivity contribution is 14.1. The molecule has 0 saturated carbocycles. The first-order valence-electron chi connectivity index (χ1n) is 4.54. The van der Waals surface area contributed by atoms with Crippen molar-refractivity contribution in [3.63, 3.8) is 0 Å². The predicted molar refractivity (Wildman–Crippen MR) is 67.0 cm³/mol. The maximum atomic E-state index is 5.86. The van der Waals surface area contributed by atoms with Crippen LogP contribution in [0.15, 0.2) is 30.4 Å². The second-order valence-electron chi connectivity index (χ2n) is 3.24. The van der Waals surface area contributed by atoms with Gasteiger partial charge >= 0.3 is 0 Å². The van der Waals surface area contributed by atoms with Gasteiger partial charge in [-0.25, -0.2) is 0 Å². The van der Waals surface area contributed by atoms with Crippen LogP contribution >= 0.6 is 34.2 Å². The van der Waals surface area contributed by atoms with Gasteiger partial charge in [-0.2, -0.15) is 0 Å². The molecule has 0 heterocycles. The summed E-state index contributed by atoms with van der Waals surface area (Å²) in [7, 11) is 0. The van der Waals surface area contributed by atoms with Crippen molar-refractivity contribution in [2.24, 2.45) is 0 Å². The number of rotatable bonds is 2. The summed E-state index contributed by atoms with van der Waals surface area (Å²) in [6, 6.07) is 5.70. The molecule has 0 radical (unpaired) electrons. The second kappa shape index (κ2) is 4.53. The van der Waals surface area contributed by atoms with Crippen molar-refractivity contribution in [1.82, 2.24) is 0 Å². The van der Waals surface area contributed by atoms with E-state index in [4.69, 9.17) is 16.3 Å². The van der Waals surface area contributed by atoms with Crippen LogP contribution in [-0.2, 0) is 0 Å². The van der Waals surface area contributed by atoms with Gasteiger partial charge in [-0.1, -0.05) is 17.7 Å². The number of ether oxygens (including phenoxy) is 1. The SMILES string of the molecule is Clc1ccc(OC2C=CCC2)c(I)c1. The van der Waals surface area contributed by atoms with E-state index in [2.05, 4.69) is 34.7 Å². The number of hydrogen-bond donors (Lipinski definition) is 0. The van der Waals surface area contributed by atoms with E-state index in [1.54, 1.807) is 0 Å². The average molecular weight is 321 g/mol. The molecule has 1 unspecified atom stereocenters. The molecule has 1 atom stereocenters. The minimum Gasteiger partial charge on any atom is -0.485 e. The summed E-state index contributed by atoms with van der Waals surface area (Å²) in [5, 5.41) is 0.753. The summed E-state index contributed by atoms with van der Waals surface area (Å²) in [6.45, 7) is 0. The number of allylic oxidation sites excluding steroid dienone is 1. The molecule has 74 valence electrons. The third-order valence-electron chi connectivity index (χ3n) is 2.14. The molecule has 1 aromatic carbocycles. The Hall–Kier alpha value is -0.220. The van der Waals surface area contributed by atoms with Gasteiger partial charge in [0.15, 0.2) is 0 Å². The van der Waals surface area contributed by atoms with Crippen molar-refractivity contribution in [2.75, 3.05) is 0 Å². The van der Waals surface area contributed by atoms with Gasteiger partial charge < -0.3 is 4.74 Å². The van der Waals surface area contributed by atoms with E-state index in [0.29, 0.717) is 0 Å². The molecule has 1 nitrogen and oxygen atoms in total. The van der Waals surface area contributed by atoms with E-state index in [0.717, 1.165) is 27.2 Å². The molecule has 0 amide bonds. The largest absolute Gasteiger partial charge is 0.485 e. The van der Waals surface area contributed by atoms with E-state index >= 15 is 0 Å². The quantitative estimate of drug-likeness (QED) is 0.590. The zero-order chi connectivity index (χ0) is 9.97. The fourth-order valence-corrected chi connectivity index (χ4v) is 2.44. The van der Waals surface area contributed by atoms with Crippen LogP contribution in [0.2, 0.25) is 5.02 Å². The van der Waals surface area contributed by atoms with Gasteiger partial charge in [0.2, 0.25) is 0 Å². The van der Waals surface area contributed by atoms with Gasteiger partial charge in [0.05, 0.1) is 3.57 Å². The van der Waals surface area contributed by atoms with Crippen LogP contribution < -0.4 is 4.74 Å². The van der Waals surface area contributed by atoms with Gasteiger partial charge in [0, 0.05) is 5.02 Å². The molecule has 0 aliphatic heterocycles. The molecule has 3 heteroatoms. The Labute approximate surface area is 102 Å². The van der Waals surface area contributed by atoms with Crippen molar-refractivity contribution in [1.29, 1.82) is 0 Å². The number of hydrogen-bond acceptors (Lipinski definition) is 1. The van der Waals surface area contributed by atoms with E-state index in [1.165, 1.54) is 0 Å². The number of halogens is 2. The van der Waals surface area contributed by atoms with E-state index < -0.39 is 0 Å². The Morgan fingerprint density at radius 3 is 2.93 bits per heavy atom. The van der Waals surface area contributed by atoms with Gasteiger partial charge in [0.1, 0.15) is 11.9 Å². The van der Waals surface area contributed by atoms with Crippen LogP contribution in [0.3, 0.4) is 0 Å². The van der Waals surface area contributed by atoms with Crippen molar-refractivity contribution >= 4 is 34.2 Å². The summed E-state index contributed by atoms with van der Waals surface area (Å²) < 4.78 is 6.87. The second-order valence-corrected chi connectivity index (χ2v) is 4.84. The lowest BCUT2D eigenvalue weighted by Gasteiger charge is -2.13. The van der Waals surface area contributed by atoms with E-state index in [9.17, 15) is 0 Å². The summed E-state index contributed by atoms with van der Waals surface area (Å²) in [5.41, 5.74) is 0. The molecule has 0 fully saturated rings. The molecule has 0 spiro atoms. The molecule has 2 rings (SSSR count). The minimum atomic E-state index is 0.240. The molecule has 0 aromatic heterocycles.